The summed E-state index contributed by atoms with van der Waals surface area (Å²) in [5.74, 6) is -1.05. The van der Waals surface area contributed by atoms with Crippen molar-refractivity contribution in [3.05, 3.63) is 77.9 Å². The Morgan fingerprint density at radius 3 is 2.24 bits per heavy atom. The number of Topliss-reactive ketones (excluding diaryl/α,β-unsaturated/α-hetero) is 1. The van der Waals surface area contributed by atoms with Crippen LogP contribution < -0.4 is 0 Å². The first-order chi connectivity index (χ1) is 12.1. The van der Waals surface area contributed by atoms with Gasteiger partial charge in [0.05, 0.1) is 13.2 Å². The van der Waals surface area contributed by atoms with Crippen LogP contribution in [-0.2, 0) is 14.3 Å². The van der Waals surface area contributed by atoms with Crippen molar-refractivity contribution in [3.8, 4) is 0 Å². The molecule has 3 rings (SSSR count). The Bertz CT molecular complexity index is 795. The van der Waals surface area contributed by atoms with Gasteiger partial charge in [-0.15, -0.1) is 0 Å². The van der Waals surface area contributed by atoms with Gasteiger partial charge in [-0.3, -0.25) is 4.79 Å². The molecule has 2 aromatic carbocycles. The smallest absolute Gasteiger partial charge is 0.346 e. The van der Waals surface area contributed by atoms with Crippen LogP contribution in [0.5, 0.6) is 0 Å². The van der Waals surface area contributed by atoms with Crippen molar-refractivity contribution in [3.63, 3.8) is 0 Å². The van der Waals surface area contributed by atoms with Gasteiger partial charge in [0.25, 0.3) is 0 Å². The first-order valence-corrected chi connectivity index (χ1v) is 8.19. The number of ether oxygens (including phenoxy) is 2. The van der Waals surface area contributed by atoms with E-state index in [0.717, 1.165) is 11.1 Å². The van der Waals surface area contributed by atoms with Gasteiger partial charge >= 0.3 is 5.97 Å². The van der Waals surface area contributed by atoms with Crippen LogP contribution in [0.25, 0.3) is 5.57 Å². The Morgan fingerprint density at radius 2 is 1.64 bits per heavy atom. The Hall–Kier alpha value is -2.72. The van der Waals surface area contributed by atoms with Gasteiger partial charge in [0.1, 0.15) is 0 Å². The summed E-state index contributed by atoms with van der Waals surface area (Å²) in [7, 11) is 1.27. The molecule has 2 atom stereocenters. The fourth-order valence-electron chi connectivity index (χ4n) is 3.19. The van der Waals surface area contributed by atoms with Crippen molar-refractivity contribution in [2.45, 2.75) is 25.0 Å². The number of carbonyl (C=O) groups excluding carboxylic acids is 2. The molecule has 0 aromatic heterocycles. The van der Waals surface area contributed by atoms with Crippen LogP contribution in [0.4, 0.5) is 0 Å². The van der Waals surface area contributed by atoms with Gasteiger partial charge in [0.2, 0.25) is 11.4 Å². The van der Waals surface area contributed by atoms with E-state index in [9.17, 15) is 9.59 Å². The average Bonchev–Trinajstić information content (AvgIpc) is 2.67. The van der Waals surface area contributed by atoms with Gasteiger partial charge in [-0.1, -0.05) is 66.7 Å². The van der Waals surface area contributed by atoms with E-state index in [0.29, 0.717) is 5.56 Å². The first kappa shape index (κ1) is 17.1. The van der Waals surface area contributed by atoms with Gasteiger partial charge in [-0.2, -0.15) is 0 Å². The Kier molecular flexibility index (Phi) is 4.81. The van der Waals surface area contributed by atoms with Crippen LogP contribution in [0.3, 0.4) is 0 Å². The van der Waals surface area contributed by atoms with Crippen molar-refractivity contribution >= 4 is 17.3 Å². The molecule has 0 spiro atoms. The molecule has 0 unspecified atom stereocenters. The van der Waals surface area contributed by atoms with E-state index >= 15 is 0 Å². The summed E-state index contributed by atoms with van der Waals surface area (Å²) >= 11 is 0. The summed E-state index contributed by atoms with van der Waals surface area (Å²) < 4.78 is 10.9. The summed E-state index contributed by atoms with van der Waals surface area (Å²) in [6.07, 6.45) is 1.69. The lowest BCUT2D eigenvalue weighted by molar-refractivity contribution is -0.166. The van der Waals surface area contributed by atoms with Crippen molar-refractivity contribution in [1.29, 1.82) is 0 Å². The van der Waals surface area contributed by atoms with Gasteiger partial charge in [0.15, 0.2) is 0 Å². The van der Waals surface area contributed by atoms with Crippen molar-refractivity contribution in [2.24, 2.45) is 0 Å². The maximum atomic E-state index is 13.2. The molecule has 128 valence electrons. The highest BCUT2D eigenvalue weighted by Crippen LogP contribution is 2.37. The summed E-state index contributed by atoms with van der Waals surface area (Å²) in [5.41, 5.74) is 0.616. The summed E-state index contributed by atoms with van der Waals surface area (Å²) in [6, 6.07) is 18.4. The molecule has 1 aliphatic heterocycles. The molecule has 1 heterocycles. The lowest BCUT2D eigenvalue weighted by atomic mass is 9.81. The number of rotatable bonds is 4. The zero-order chi connectivity index (χ0) is 17.9. The quantitative estimate of drug-likeness (QED) is 0.486. The standard InChI is InChI=1S/C21H20O4/c1-15-13-18(16-9-5-3-6-10-16)14-21(25-15,20(23)24-2)19(22)17-11-7-4-8-12-17/h3-13,15H,14H2,1-2H3/t15-,21+/m1/s1. The molecule has 0 saturated heterocycles. The van der Waals surface area contributed by atoms with Crippen molar-refractivity contribution in [2.75, 3.05) is 7.11 Å². The molecule has 0 N–H and O–H groups in total. The highest BCUT2D eigenvalue weighted by molar-refractivity contribution is 6.16. The predicted molar refractivity (Wildman–Crippen MR) is 95.1 cm³/mol. The van der Waals surface area contributed by atoms with Crippen LogP contribution in [0.1, 0.15) is 29.3 Å². The van der Waals surface area contributed by atoms with Crippen LogP contribution in [0.2, 0.25) is 0 Å². The molecular formula is C21H20O4. The zero-order valence-electron chi connectivity index (χ0n) is 14.3. The molecule has 1 aliphatic rings. The van der Waals surface area contributed by atoms with Gasteiger partial charge in [-0.05, 0) is 18.1 Å². The second kappa shape index (κ2) is 7.03. The molecule has 0 radical (unpaired) electrons. The van der Waals surface area contributed by atoms with Crippen molar-refractivity contribution < 1.29 is 19.1 Å². The number of esters is 1. The minimum atomic E-state index is -1.67. The SMILES string of the molecule is COC(=O)[C@@]1(C(=O)c2ccccc2)CC(c2ccccc2)=C[C@@H](C)O1. The second-order valence-corrected chi connectivity index (χ2v) is 6.07. The van der Waals surface area contributed by atoms with Crippen LogP contribution in [-0.4, -0.2) is 30.6 Å². The Labute approximate surface area is 147 Å². The van der Waals surface area contributed by atoms with E-state index in [1.54, 1.807) is 24.3 Å². The Balaban J connectivity index is 2.06. The lowest BCUT2D eigenvalue weighted by Crippen LogP contribution is -2.53. The van der Waals surface area contributed by atoms with Crippen molar-refractivity contribution in [1.82, 2.24) is 0 Å². The summed E-state index contributed by atoms with van der Waals surface area (Å²) in [5, 5.41) is 0. The molecule has 0 saturated carbocycles. The molecule has 2 aromatic rings. The van der Waals surface area contributed by atoms with E-state index in [-0.39, 0.29) is 12.2 Å². The van der Waals surface area contributed by atoms with E-state index in [1.165, 1.54) is 7.11 Å². The van der Waals surface area contributed by atoms with Gasteiger partial charge in [0, 0.05) is 12.0 Å². The molecule has 0 fully saturated rings. The maximum Gasteiger partial charge on any atom is 0.346 e. The average molecular weight is 336 g/mol. The Morgan fingerprint density at radius 1 is 1.04 bits per heavy atom. The van der Waals surface area contributed by atoms with Crippen LogP contribution in [0.15, 0.2) is 66.7 Å². The number of benzene rings is 2. The minimum Gasteiger partial charge on any atom is -0.467 e. The first-order valence-electron chi connectivity index (χ1n) is 8.19. The topological polar surface area (TPSA) is 52.6 Å². The molecular weight excluding hydrogens is 316 g/mol. The number of hydrogen-bond acceptors (Lipinski definition) is 4. The van der Waals surface area contributed by atoms with E-state index in [2.05, 4.69) is 0 Å². The maximum absolute atomic E-state index is 13.2. The van der Waals surface area contributed by atoms with Gasteiger partial charge in [-0.25, -0.2) is 4.79 Å². The minimum absolute atomic E-state index is 0.141. The van der Waals surface area contributed by atoms with E-state index in [4.69, 9.17) is 9.47 Å². The number of hydrogen-bond donors (Lipinski definition) is 0. The molecule has 0 bridgehead atoms. The van der Waals surface area contributed by atoms with Crippen LogP contribution in [0, 0.1) is 0 Å². The highest BCUT2D eigenvalue weighted by Gasteiger charge is 2.51. The number of carbonyl (C=O) groups is 2. The third-order valence-corrected chi connectivity index (χ3v) is 4.32. The fraction of sp³-hybridized carbons (Fsp3) is 0.238. The molecule has 25 heavy (non-hydrogen) atoms. The summed E-state index contributed by atoms with van der Waals surface area (Å²) in [4.78, 5) is 25.8. The van der Waals surface area contributed by atoms with Gasteiger partial charge < -0.3 is 9.47 Å². The zero-order valence-corrected chi connectivity index (χ0v) is 14.3. The number of methoxy groups -OCH3 is 1. The highest BCUT2D eigenvalue weighted by atomic mass is 16.6. The molecule has 0 amide bonds. The normalized spacial score (nSPS) is 22.8. The number of ketones is 1. The molecule has 4 heteroatoms. The third kappa shape index (κ3) is 3.26. The summed E-state index contributed by atoms with van der Waals surface area (Å²) in [6.45, 7) is 1.82. The monoisotopic (exact) mass is 336 g/mol. The third-order valence-electron chi connectivity index (χ3n) is 4.32. The van der Waals surface area contributed by atoms with E-state index < -0.39 is 17.7 Å². The molecule has 4 nitrogen and oxygen atoms in total. The second-order valence-electron chi connectivity index (χ2n) is 6.07. The largest absolute Gasteiger partial charge is 0.467 e. The van der Waals surface area contributed by atoms with Crippen LogP contribution >= 0.6 is 0 Å². The fourth-order valence-corrected chi connectivity index (χ4v) is 3.19. The molecule has 0 aliphatic carbocycles. The lowest BCUT2D eigenvalue weighted by Gasteiger charge is -2.36. The van der Waals surface area contributed by atoms with E-state index in [1.807, 2.05) is 49.4 Å². The predicted octanol–water partition coefficient (Wildman–Crippen LogP) is 3.67.